The molecule has 2 fully saturated rings. The quantitative estimate of drug-likeness (QED) is 0.0443. The first-order valence-corrected chi connectivity index (χ1v) is 21.5. The van der Waals surface area contributed by atoms with E-state index in [2.05, 4.69) is 31.0 Å². The molecule has 3 aromatic heterocycles. The van der Waals surface area contributed by atoms with E-state index in [1.54, 1.807) is 6.07 Å². The minimum absolute atomic E-state index is 0.0328. The van der Waals surface area contributed by atoms with Crippen molar-refractivity contribution >= 4 is 61.9 Å². The highest BCUT2D eigenvalue weighted by molar-refractivity contribution is 7.47. The zero-order chi connectivity index (χ0) is 45.1. The first-order valence-electron chi connectivity index (χ1n) is 18.1. The lowest BCUT2D eigenvalue weighted by atomic mass is 10.0. The molecule has 0 spiro atoms. The summed E-state index contributed by atoms with van der Waals surface area (Å²) in [6.07, 6.45) is -8.22. The van der Waals surface area contributed by atoms with Crippen molar-refractivity contribution in [2.24, 2.45) is 0 Å². The summed E-state index contributed by atoms with van der Waals surface area (Å²) in [5, 5.41) is 34.1. The summed E-state index contributed by atoms with van der Waals surface area (Å²) >= 11 is 6.08. The molecule has 5 unspecified atom stereocenters. The summed E-state index contributed by atoms with van der Waals surface area (Å²) in [6.45, 7) is 0.793. The predicted molar refractivity (Wildman–Crippen MR) is 210 cm³/mol. The molecule has 336 valence electrons. The smallest absolute Gasteiger partial charge is 0.472 e. The fourth-order valence-electron chi connectivity index (χ4n) is 6.76. The van der Waals surface area contributed by atoms with Crippen LogP contribution in [0, 0.1) is 0 Å². The molecule has 6 rings (SSSR count). The van der Waals surface area contributed by atoms with Crippen LogP contribution in [0.1, 0.15) is 25.3 Å². The first kappa shape index (κ1) is 46.6. The molecular weight excluding hydrogens is 892 g/mol. The Morgan fingerprint density at radius 3 is 2.40 bits per heavy atom. The van der Waals surface area contributed by atoms with Crippen LogP contribution < -0.4 is 21.9 Å². The number of phosphoric ester groups is 2. The lowest BCUT2D eigenvalue weighted by molar-refractivity contribution is -0.157. The van der Waals surface area contributed by atoms with Crippen molar-refractivity contribution in [2.75, 3.05) is 31.3 Å². The third kappa shape index (κ3) is 10.6. The molecule has 29 heteroatoms. The van der Waals surface area contributed by atoms with E-state index < -0.39 is 108 Å². The number of carbonyl (C=O) groups excluding carboxylic acids is 1. The van der Waals surface area contributed by atoms with Crippen molar-refractivity contribution in [3.8, 4) is 5.75 Å². The Labute approximate surface area is 354 Å². The number of benzene rings is 1. The van der Waals surface area contributed by atoms with Gasteiger partial charge in [0.2, 0.25) is 5.91 Å². The van der Waals surface area contributed by atoms with Crippen LogP contribution in [-0.2, 0) is 41.8 Å². The van der Waals surface area contributed by atoms with Gasteiger partial charge in [0.25, 0.3) is 0 Å². The maximum Gasteiger partial charge on any atom is 0.472 e. The molecule has 62 heavy (non-hydrogen) atoms. The van der Waals surface area contributed by atoms with E-state index in [4.69, 9.17) is 46.3 Å². The number of amides is 1. The minimum Gasteiger partial charge on any atom is -0.491 e. The zero-order valence-electron chi connectivity index (χ0n) is 31.9. The van der Waals surface area contributed by atoms with Gasteiger partial charge in [-0.05, 0) is 30.7 Å². The summed E-state index contributed by atoms with van der Waals surface area (Å²) in [6, 6.07) is 3.52. The summed E-state index contributed by atoms with van der Waals surface area (Å²) in [7, 11) is -10.7. The molecule has 5 heterocycles. The summed E-state index contributed by atoms with van der Waals surface area (Å²) in [5.41, 5.74) is 10.6. The minimum atomic E-state index is -5.52. The molecule has 1 amide bonds. The third-order valence-corrected chi connectivity index (χ3v) is 11.2. The number of hydrogen-bond donors (Lipinski definition) is 8. The lowest BCUT2D eigenvalue weighted by Gasteiger charge is -2.37. The number of hydrogen-bond acceptors (Lipinski definition) is 19. The van der Waals surface area contributed by atoms with Gasteiger partial charge in [0.1, 0.15) is 60.5 Å². The number of nitrogens with zero attached hydrogens (tertiary/aromatic N) is 7. The van der Waals surface area contributed by atoms with Crippen molar-refractivity contribution in [3.05, 3.63) is 77.3 Å². The maximum atomic E-state index is 14.1. The first-order chi connectivity index (χ1) is 29.3. The number of carbonyl (C=O) groups is 2. The van der Waals surface area contributed by atoms with Crippen LogP contribution in [0.5, 0.6) is 5.75 Å². The maximum absolute atomic E-state index is 14.1. The number of rotatable bonds is 19. The zero-order valence-corrected chi connectivity index (χ0v) is 34.4. The number of fused-ring (bicyclic) bond motifs is 1. The Morgan fingerprint density at radius 2 is 1.73 bits per heavy atom. The van der Waals surface area contributed by atoms with Gasteiger partial charge < -0.3 is 60.6 Å². The molecule has 0 radical (unpaired) electrons. The third-order valence-electron chi connectivity index (χ3n) is 9.49. The number of aliphatic carboxylic acids is 1. The van der Waals surface area contributed by atoms with Crippen LogP contribution >= 0.6 is 27.2 Å². The fraction of sp³-hybridized carbons (Fsp3) is 0.424. The number of phosphoric acid groups is 2. The molecule has 1 aromatic carbocycles. The topological polar surface area (TPSA) is 379 Å². The number of allylic oxidation sites excluding steroid dienone is 1. The average molecular weight is 932 g/mol. The molecule has 2 aliphatic heterocycles. The standard InChI is InChI=1S/C33H40ClN9O17P2/c1-2-3-7-22(44)43(18(32(47)48)11-55-17-6-4-5-16(34)10-17)24-19(58-30(25(24)45)42-15-39-23-28(36)37-14-38-29(23)42)12-57-62(53,54)60-27-20(13-56-61(50,51)52)59-31(26(27)46)41-9-8-21(35)40-33(41)49/h2,4-6,8-10,14-15,18-20,24-27,30-31,45-46H,1,3,7,11-13H2,(H,47,48)(H,53,54)(H2,35,40,49)(H2,36,37,38)(H2,50,51,52)/t18-,19?,20-,24?,25?,26-,27-,30?,31-/m1/s1. The number of nitrogen functional groups attached to an aromatic ring is 2. The number of nitrogens with two attached hydrogens (primary N) is 2. The van der Waals surface area contributed by atoms with Crippen molar-refractivity contribution in [2.45, 2.75) is 67.9 Å². The molecule has 10 atom stereocenters. The van der Waals surface area contributed by atoms with Crippen LogP contribution in [0.2, 0.25) is 5.02 Å². The molecule has 2 aliphatic rings. The van der Waals surface area contributed by atoms with Crippen molar-refractivity contribution in [1.29, 1.82) is 0 Å². The second kappa shape index (κ2) is 19.2. The summed E-state index contributed by atoms with van der Waals surface area (Å²) < 4.78 is 59.8. The van der Waals surface area contributed by atoms with Gasteiger partial charge >= 0.3 is 27.3 Å². The lowest BCUT2D eigenvalue weighted by Crippen LogP contribution is -2.59. The number of carboxylic acids is 1. The van der Waals surface area contributed by atoms with Crippen LogP contribution in [-0.4, -0.2) is 138 Å². The van der Waals surface area contributed by atoms with E-state index in [1.165, 1.54) is 35.2 Å². The normalized spacial score (nSPS) is 25.3. The molecule has 0 aliphatic carbocycles. The number of anilines is 2. The van der Waals surface area contributed by atoms with Gasteiger partial charge in [-0.15, -0.1) is 6.58 Å². The largest absolute Gasteiger partial charge is 0.491 e. The van der Waals surface area contributed by atoms with Gasteiger partial charge in [-0.2, -0.15) is 4.98 Å². The predicted octanol–water partition coefficient (Wildman–Crippen LogP) is -0.275. The van der Waals surface area contributed by atoms with E-state index in [0.717, 1.165) is 28.1 Å². The van der Waals surface area contributed by atoms with Crippen LogP contribution in [0.4, 0.5) is 11.6 Å². The highest BCUT2D eigenvalue weighted by Gasteiger charge is 2.54. The Bertz CT molecular complexity index is 2440. The van der Waals surface area contributed by atoms with E-state index in [1.807, 2.05) is 0 Å². The second-order valence-corrected chi connectivity index (χ2v) is 16.7. The molecule has 0 bridgehead atoms. The highest BCUT2D eigenvalue weighted by atomic mass is 35.5. The molecule has 4 aromatic rings. The number of aliphatic hydroxyl groups excluding tert-OH is 2. The molecule has 10 N–H and O–H groups in total. The van der Waals surface area contributed by atoms with Crippen molar-refractivity contribution in [1.82, 2.24) is 34.0 Å². The Hall–Kier alpha value is -4.92. The number of imidazole rings is 1. The van der Waals surface area contributed by atoms with Gasteiger partial charge in [0.15, 0.2) is 30.0 Å². The molecule has 0 saturated carbocycles. The monoisotopic (exact) mass is 931 g/mol. The van der Waals surface area contributed by atoms with Gasteiger partial charge in [0, 0.05) is 17.6 Å². The Kier molecular flexibility index (Phi) is 14.4. The van der Waals surface area contributed by atoms with Crippen molar-refractivity contribution < 1.29 is 76.5 Å². The van der Waals surface area contributed by atoms with Gasteiger partial charge in [-0.25, -0.2) is 33.7 Å². The van der Waals surface area contributed by atoms with Crippen LogP contribution in [0.15, 0.2) is 66.6 Å². The highest BCUT2D eigenvalue weighted by Crippen LogP contribution is 2.50. The molecular formula is C33H40ClN9O17P2. The number of carboxylic acid groups (broad SMARTS) is 1. The Morgan fingerprint density at radius 1 is 1.02 bits per heavy atom. The van der Waals surface area contributed by atoms with Crippen LogP contribution in [0.3, 0.4) is 0 Å². The van der Waals surface area contributed by atoms with Gasteiger partial charge in [-0.1, -0.05) is 23.7 Å². The Balaban J connectivity index is 1.33. The number of halogens is 1. The number of ether oxygens (including phenoxy) is 3. The molecule has 2 saturated heterocycles. The van der Waals surface area contributed by atoms with E-state index in [0.29, 0.717) is 0 Å². The van der Waals surface area contributed by atoms with Crippen molar-refractivity contribution in [3.63, 3.8) is 0 Å². The SMILES string of the molecule is C=CCCC(=O)N(C1C(COP(=O)(O)O[C@H]2[C@@H](O)[C@H](n3ccc(N)nc3=O)O[C@@H]2COP(=O)(O)O)OC(n2cnc3c(N)ncnc32)C1O)[C@H](COc1cccc(Cl)c1)C(=O)O. The fourth-order valence-corrected chi connectivity index (χ4v) is 8.24. The van der Waals surface area contributed by atoms with Gasteiger partial charge in [0.05, 0.1) is 25.6 Å². The number of aliphatic hydroxyl groups is 2. The molecule has 26 nitrogen and oxygen atoms in total. The van der Waals surface area contributed by atoms with E-state index >= 15 is 0 Å². The van der Waals surface area contributed by atoms with Gasteiger partial charge in [-0.3, -0.25) is 27.5 Å². The van der Waals surface area contributed by atoms with Crippen LogP contribution in [0.25, 0.3) is 11.2 Å². The van der Waals surface area contributed by atoms with E-state index in [-0.39, 0.29) is 46.4 Å². The summed E-state index contributed by atoms with van der Waals surface area (Å²) in [4.78, 5) is 85.9. The number of aromatic nitrogens is 6. The van der Waals surface area contributed by atoms with E-state index in [9.17, 15) is 53.5 Å². The average Bonchev–Trinajstić information content (AvgIpc) is 3.86. The second-order valence-electron chi connectivity index (χ2n) is 13.6. The summed E-state index contributed by atoms with van der Waals surface area (Å²) in [5.74, 6) is -2.57.